The van der Waals surface area contributed by atoms with Crippen molar-refractivity contribution in [1.29, 1.82) is 0 Å². The third-order valence-corrected chi connectivity index (χ3v) is 19.3. The lowest BCUT2D eigenvalue weighted by Crippen LogP contribution is -2.82. The number of fused-ring (bicyclic) bond motifs is 5. The Morgan fingerprint density at radius 1 is 0.314 bits per heavy atom. The zero-order valence-corrected chi connectivity index (χ0v) is 61.5. The van der Waals surface area contributed by atoms with Gasteiger partial charge in [-0.3, -0.25) is 0 Å². The third kappa shape index (κ3) is 14.4. The summed E-state index contributed by atoms with van der Waals surface area (Å²) in [6.45, 7) is 47.0. The quantitative estimate of drug-likeness (QED) is 0.120. The summed E-state index contributed by atoms with van der Waals surface area (Å²) in [5.41, 5.74) is -3.66. The summed E-state index contributed by atoms with van der Waals surface area (Å²) in [4.78, 5) is 3.66. The maximum absolute atomic E-state index is 15.8. The summed E-state index contributed by atoms with van der Waals surface area (Å²) in [7, 11) is 0. The minimum atomic E-state index is -7.24. The molecule has 0 heterocycles. The lowest BCUT2D eigenvalue weighted by molar-refractivity contribution is -0.489. The molecule has 1 unspecified atom stereocenters. The third-order valence-electron chi connectivity index (χ3n) is 19.3. The highest BCUT2D eigenvalue weighted by Gasteiger charge is 3.01. The summed E-state index contributed by atoms with van der Waals surface area (Å²) in [6, 6.07) is 46.1. The van der Waals surface area contributed by atoms with Gasteiger partial charge in [0.15, 0.2) is 5.69 Å². The van der Waals surface area contributed by atoms with Crippen LogP contribution < -0.4 is 0 Å². The normalized spacial score (nSPS) is 16.8. The van der Waals surface area contributed by atoms with Crippen molar-refractivity contribution in [2.45, 2.75) is 220 Å². The van der Waals surface area contributed by atoms with Crippen molar-refractivity contribution in [2.24, 2.45) is 0 Å². The second kappa shape index (κ2) is 27.5. The molecular formula is C85H89F16N. The van der Waals surface area contributed by atoms with Gasteiger partial charge in [-0.2, -0.15) is 57.1 Å². The average Bonchev–Trinajstić information content (AvgIpc) is 0.654. The predicted molar refractivity (Wildman–Crippen MR) is 385 cm³/mol. The van der Waals surface area contributed by atoms with Gasteiger partial charge in [0.2, 0.25) is 5.67 Å². The smallest absolute Gasteiger partial charge is 0.238 e. The maximum atomic E-state index is 15.8. The molecule has 17 heteroatoms. The Labute approximate surface area is 588 Å². The molecule has 546 valence electrons. The Kier molecular flexibility index (Phi) is 21.9. The van der Waals surface area contributed by atoms with E-state index in [-0.39, 0.29) is 49.6 Å². The second-order valence-electron chi connectivity index (χ2n) is 31.9. The summed E-state index contributed by atoms with van der Waals surface area (Å²) in [5.74, 6) is -35.4. The maximum Gasteiger partial charge on any atom is 0.426 e. The van der Waals surface area contributed by atoms with Crippen LogP contribution in [0, 0.1) is 47.0 Å². The molecule has 1 atom stereocenters. The molecule has 0 amide bonds. The number of rotatable bonds is 2. The molecule has 0 spiro atoms. The molecule has 0 aliphatic heterocycles. The van der Waals surface area contributed by atoms with Crippen LogP contribution in [0.3, 0.4) is 0 Å². The van der Waals surface area contributed by atoms with E-state index in [1.165, 1.54) is 78.2 Å². The van der Waals surface area contributed by atoms with Gasteiger partial charge in [-0.05, 0) is 184 Å². The fourth-order valence-corrected chi connectivity index (χ4v) is 13.3. The van der Waals surface area contributed by atoms with Gasteiger partial charge in [-0.25, -0.2) is 18.0 Å². The standard InChI is InChI=1S/C21H17F11.C18H20F4.C16H17N.C15H17F.C15H18/c1-10-11-7-5-6-8-12(11)14(9-13(10)15(2,3)4)16(22)17(23,24)19(27,28)21(31,32)20(29,30)18(16,25)26;1-11-12-8-6-7-9-13(12)15(10-14(11)16(2,3)4)17(5,19)18(20,21)22;1-11-12-8-6-7-9-13(12)15(17-5)10-14(11)16(2,3)4;1-10-12-8-6-5-7-11(12)9-13(14(10)16)15(2,3)4;1-11-9-13(15(2,3)4)10-12-7-5-6-8-14(11)12/h5-9H,1-4H3;6-10H,1-5H3;6-10H,1-4H3;5-9H,1-4H3;5-10H,1-4H3. The summed E-state index contributed by atoms with van der Waals surface area (Å²) < 4.78 is 226. The highest BCUT2D eigenvalue weighted by Crippen LogP contribution is 2.73. The first-order valence-corrected chi connectivity index (χ1v) is 33.3. The number of nitrogens with zero attached hydrogens (tertiary/aromatic N) is 1. The fraction of sp³-hybridized carbons (Fsp3) is 0.400. The molecule has 0 aromatic heterocycles. The van der Waals surface area contributed by atoms with E-state index in [0.29, 0.717) is 23.8 Å². The number of benzene rings is 10. The van der Waals surface area contributed by atoms with Crippen molar-refractivity contribution in [3.05, 3.63) is 242 Å². The molecule has 1 aliphatic carbocycles. The van der Waals surface area contributed by atoms with Crippen LogP contribution in [0.15, 0.2) is 158 Å². The highest BCUT2D eigenvalue weighted by atomic mass is 19.4. The van der Waals surface area contributed by atoms with Crippen LogP contribution in [0.1, 0.15) is 178 Å². The Bertz CT molecular complexity index is 4790. The van der Waals surface area contributed by atoms with Crippen LogP contribution >= 0.6 is 0 Å². The topological polar surface area (TPSA) is 4.36 Å². The van der Waals surface area contributed by atoms with E-state index >= 15 is 4.39 Å². The van der Waals surface area contributed by atoms with Gasteiger partial charge in [-0.15, -0.1) is 0 Å². The number of hydrogen-bond donors (Lipinski definition) is 0. The second-order valence-corrected chi connectivity index (χ2v) is 31.9. The Morgan fingerprint density at radius 2 is 0.647 bits per heavy atom. The zero-order valence-electron chi connectivity index (χ0n) is 61.5. The molecule has 0 bridgehead atoms. The van der Waals surface area contributed by atoms with Crippen molar-refractivity contribution in [2.75, 3.05) is 0 Å². The summed E-state index contributed by atoms with van der Waals surface area (Å²) >= 11 is 0. The van der Waals surface area contributed by atoms with E-state index in [1.54, 1.807) is 24.3 Å². The van der Waals surface area contributed by atoms with E-state index in [2.05, 4.69) is 103 Å². The molecule has 102 heavy (non-hydrogen) atoms. The average molecular weight is 1430 g/mol. The van der Waals surface area contributed by atoms with E-state index in [9.17, 15) is 65.9 Å². The molecule has 1 aliphatic rings. The van der Waals surface area contributed by atoms with Gasteiger partial charge in [-0.1, -0.05) is 256 Å². The van der Waals surface area contributed by atoms with Gasteiger partial charge in [0.05, 0.1) is 6.57 Å². The molecule has 0 saturated heterocycles. The predicted octanol–water partition coefficient (Wildman–Crippen LogP) is 28.0. The Morgan fingerprint density at radius 3 is 1.06 bits per heavy atom. The van der Waals surface area contributed by atoms with Gasteiger partial charge >= 0.3 is 35.8 Å². The first kappa shape index (κ1) is 81.2. The Balaban J connectivity index is 0.000000184. The largest absolute Gasteiger partial charge is 0.426 e. The lowest BCUT2D eigenvalue weighted by atomic mass is 9.67. The van der Waals surface area contributed by atoms with E-state index in [4.69, 9.17) is 6.57 Å². The van der Waals surface area contributed by atoms with Gasteiger partial charge in [0.1, 0.15) is 5.82 Å². The lowest BCUT2D eigenvalue weighted by Gasteiger charge is -2.53. The minimum absolute atomic E-state index is 0.0637. The van der Waals surface area contributed by atoms with Crippen LogP contribution in [-0.4, -0.2) is 35.8 Å². The fourth-order valence-electron chi connectivity index (χ4n) is 13.3. The van der Waals surface area contributed by atoms with E-state index in [1.807, 2.05) is 110 Å². The monoisotopic (exact) mass is 1430 g/mol. The molecule has 10 aromatic carbocycles. The molecular weight excluding hydrogens is 1340 g/mol. The molecule has 1 nitrogen and oxygen atoms in total. The first-order valence-electron chi connectivity index (χ1n) is 33.3. The van der Waals surface area contributed by atoms with Gasteiger partial charge < -0.3 is 0 Å². The first-order chi connectivity index (χ1) is 46.3. The number of aryl methyl sites for hydroxylation is 5. The molecule has 1 fully saturated rings. The van der Waals surface area contributed by atoms with Crippen molar-refractivity contribution < 1.29 is 70.2 Å². The van der Waals surface area contributed by atoms with Crippen LogP contribution in [-0.2, 0) is 38.4 Å². The minimum Gasteiger partial charge on any atom is -0.238 e. The van der Waals surface area contributed by atoms with Crippen molar-refractivity contribution in [3.63, 3.8) is 0 Å². The van der Waals surface area contributed by atoms with Crippen LogP contribution in [0.2, 0.25) is 0 Å². The molecule has 1 saturated carbocycles. The van der Waals surface area contributed by atoms with Gasteiger partial charge in [0.25, 0.3) is 5.67 Å². The molecule has 10 aromatic rings. The van der Waals surface area contributed by atoms with Crippen molar-refractivity contribution in [3.8, 4) is 0 Å². The van der Waals surface area contributed by atoms with Crippen molar-refractivity contribution >= 4 is 59.5 Å². The Hall–Kier alpha value is -8.13. The van der Waals surface area contributed by atoms with Gasteiger partial charge in [0, 0.05) is 11.1 Å². The van der Waals surface area contributed by atoms with Crippen LogP contribution in [0.25, 0.3) is 58.7 Å². The number of hydrogen-bond acceptors (Lipinski definition) is 0. The van der Waals surface area contributed by atoms with E-state index in [0.717, 1.165) is 62.3 Å². The van der Waals surface area contributed by atoms with Crippen molar-refractivity contribution in [1.82, 2.24) is 0 Å². The highest BCUT2D eigenvalue weighted by molar-refractivity contribution is 5.98. The van der Waals surface area contributed by atoms with Crippen LogP contribution in [0.4, 0.5) is 75.9 Å². The zero-order chi connectivity index (χ0) is 77.4. The molecule has 0 N–H and O–H groups in total. The molecule has 11 rings (SSSR count). The summed E-state index contributed by atoms with van der Waals surface area (Å²) in [6.07, 6.45) is -4.96. The van der Waals surface area contributed by atoms with Crippen LogP contribution in [0.5, 0.6) is 0 Å². The number of alkyl halides is 15. The summed E-state index contributed by atoms with van der Waals surface area (Å²) in [5, 5.41) is 7.11. The number of halogens is 16. The SMILES string of the molecule is Cc1c(C(C)(C)C)cc(C(C)(F)C(F)(F)F)c2ccccc12.Cc1c(C(C)(C)C)cc(C2(F)C(F)(F)C(F)(F)C(F)(F)C(F)(F)C2(F)F)c2ccccc12.Cc1c(F)c(C(C)(C)C)cc2ccccc12.Cc1cc(C(C)(C)C)cc2ccccc12.[C-]#[N+]c1cc(C(C)(C)C)c(C)c2ccccc12. The molecule has 0 radical (unpaired) electrons. The van der Waals surface area contributed by atoms with E-state index < -0.39 is 63.5 Å².